The zero-order chi connectivity index (χ0) is 24.0. The van der Waals surface area contributed by atoms with Crippen molar-refractivity contribution in [3.05, 3.63) is 89.6 Å². The molecule has 7 nitrogen and oxygen atoms in total. The standard InChI is InChI=1S/C28H31N5O2/c1-31-24-11-22(35-2)7-8-23(24)26-27(31)25(16-34)33(15-21-6-4-10-30-13-21)19-28(26)17-32(18-28)14-20-5-3-9-29-12-20/h3-13,25,34H,14-19H2,1-2H3/t25-/m0/s1. The fourth-order valence-electron chi connectivity index (χ4n) is 6.28. The molecule has 6 rings (SSSR count). The van der Waals surface area contributed by atoms with Gasteiger partial charge in [-0.2, -0.15) is 0 Å². The molecule has 180 valence electrons. The number of hydrogen-bond acceptors (Lipinski definition) is 6. The molecule has 1 atom stereocenters. The second-order valence-corrected chi connectivity index (χ2v) is 9.95. The zero-order valence-electron chi connectivity index (χ0n) is 20.3. The number of aliphatic hydroxyl groups is 1. The van der Waals surface area contributed by atoms with E-state index in [0.717, 1.165) is 49.6 Å². The highest BCUT2D eigenvalue weighted by Gasteiger charge is 2.53. The lowest BCUT2D eigenvalue weighted by Gasteiger charge is -2.56. The summed E-state index contributed by atoms with van der Waals surface area (Å²) in [5, 5.41) is 11.9. The molecule has 2 aliphatic rings. The number of hydrogen-bond donors (Lipinski definition) is 1. The first-order valence-corrected chi connectivity index (χ1v) is 12.1. The van der Waals surface area contributed by atoms with Crippen molar-refractivity contribution in [2.75, 3.05) is 33.4 Å². The monoisotopic (exact) mass is 469 g/mol. The lowest BCUT2D eigenvalue weighted by molar-refractivity contribution is -0.0130. The van der Waals surface area contributed by atoms with Crippen molar-refractivity contribution < 1.29 is 9.84 Å². The molecule has 1 fully saturated rings. The Morgan fingerprint density at radius 2 is 1.71 bits per heavy atom. The van der Waals surface area contributed by atoms with Crippen molar-refractivity contribution in [2.24, 2.45) is 7.05 Å². The molecule has 1 N–H and O–H groups in total. The van der Waals surface area contributed by atoms with Crippen molar-refractivity contribution in [3.63, 3.8) is 0 Å². The predicted molar refractivity (Wildman–Crippen MR) is 135 cm³/mol. The van der Waals surface area contributed by atoms with Crippen LogP contribution in [0.5, 0.6) is 5.75 Å². The zero-order valence-corrected chi connectivity index (χ0v) is 20.3. The van der Waals surface area contributed by atoms with Gasteiger partial charge < -0.3 is 14.4 Å². The van der Waals surface area contributed by atoms with Crippen LogP contribution in [0.1, 0.15) is 28.4 Å². The summed E-state index contributed by atoms with van der Waals surface area (Å²) >= 11 is 0. The maximum Gasteiger partial charge on any atom is 0.120 e. The Balaban J connectivity index is 1.43. The highest BCUT2D eigenvalue weighted by Crippen LogP contribution is 2.50. The third kappa shape index (κ3) is 3.71. The summed E-state index contributed by atoms with van der Waals surface area (Å²) < 4.78 is 7.82. The molecule has 7 heteroatoms. The molecule has 0 amide bonds. The Kier molecular flexibility index (Phi) is 5.56. The number of methoxy groups -OCH3 is 1. The molecule has 0 saturated carbocycles. The van der Waals surface area contributed by atoms with Gasteiger partial charge in [0.15, 0.2) is 0 Å². The minimum Gasteiger partial charge on any atom is -0.497 e. The lowest BCUT2D eigenvalue weighted by Crippen LogP contribution is -2.66. The molecular formula is C28H31N5O2. The van der Waals surface area contributed by atoms with Gasteiger partial charge in [0.05, 0.1) is 25.3 Å². The number of aryl methyl sites for hydroxylation is 1. The molecule has 1 spiro atoms. The Hall–Kier alpha value is -3.26. The SMILES string of the molecule is COc1ccc2c3c(n(C)c2c1)[C@H](CO)N(Cc1cccnc1)CC31CN(Cc2cccnc2)C1. The van der Waals surface area contributed by atoms with Crippen LogP contribution in [-0.4, -0.2) is 62.8 Å². The molecule has 2 aliphatic heterocycles. The van der Waals surface area contributed by atoms with Gasteiger partial charge in [0.2, 0.25) is 0 Å². The van der Waals surface area contributed by atoms with Crippen LogP contribution in [-0.2, 0) is 25.6 Å². The van der Waals surface area contributed by atoms with Crippen LogP contribution in [0, 0.1) is 0 Å². The van der Waals surface area contributed by atoms with Crippen molar-refractivity contribution in [3.8, 4) is 5.75 Å². The van der Waals surface area contributed by atoms with Crippen molar-refractivity contribution in [2.45, 2.75) is 24.5 Å². The largest absolute Gasteiger partial charge is 0.497 e. The summed E-state index contributed by atoms with van der Waals surface area (Å²) in [7, 11) is 3.83. The van der Waals surface area contributed by atoms with Crippen LogP contribution in [0.2, 0.25) is 0 Å². The number of aromatic nitrogens is 3. The maximum atomic E-state index is 10.6. The van der Waals surface area contributed by atoms with E-state index in [-0.39, 0.29) is 18.1 Å². The van der Waals surface area contributed by atoms with Gasteiger partial charge in [-0.05, 0) is 41.0 Å². The summed E-state index contributed by atoms with van der Waals surface area (Å²) in [5.41, 5.74) is 6.16. The van der Waals surface area contributed by atoms with Crippen molar-refractivity contribution in [1.29, 1.82) is 0 Å². The number of likely N-dealkylation sites (tertiary alicyclic amines) is 1. The molecule has 4 aromatic rings. The molecule has 1 aromatic carbocycles. The van der Waals surface area contributed by atoms with Crippen LogP contribution < -0.4 is 4.74 Å². The van der Waals surface area contributed by atoms with Crippen molar-refractivity contribution in [1.82, 2.24) is 24.3 Å². The van der Waals surface area contributed by atoms with Crippen LogP contribution in [0.3, 0.4) is 0 Å². The number of benzene rings is 1. The van der Waals surface area contributed by atoms with E-state index in [2.05, 4.69) is 61.7 Å². The molecule has 0 radical (unpaired) electrons. The molecule has 35 heavy (non-hydrogen) atoms. The van der Waals surface area contributed by atoms with Gasteiger partial charge in [0, 0.05) is 87.1 Å². The summed E-state index contributed by atoms with van der Waals surface area (Å²) in [6, 6.07) is 14.5. The Bertz CT molecular complexity index is 1330. The van der Waals surface area contributed by atoms with Gasteiger partial charge >= 0.3 is 0 Å². The summed E-state index contributed by atoms with van der Waals surface area (Å²) in [4.78, 5) is 13.6. The first kappa shape index (κ1) is 22.2. The molecule has 0 bridgehead atoms. The Morgan fingerprint density at radius 3 is 2.34 bits per heavy atom. The lowest BCUT2D eigenvalue weighted by atomic mass is 9.68. The van der Waals surface area contributed by atoms with E-state index in [1.807, 2.05) is 36.9 Å². The van der Waals surface area contributed by atoms with E-state index in [0.29, 0.717) is 0 Å². The van der Waals surface area contributed by atoms with Gasteiger partial charge in [-0.1, -0.05) is 12.1 Å². The average molecular weight is 470 g/mol. The topological polar surface area (TPSA) is 66.7 Å². The summed E-state index contributed by atoms with van der Waals surface area (Å²) in [5.74, 6) is 0.851. The molecular weight excluding hydrogens is 438 g/mol. The molecule has 0 unspecified atom stereocenters. The van der Waals surface area contributed by atoms with Gasteiger partial charge in [-0.25, -0.2) is 0 Å². The Labute approximate surface area is 205 Å². The van der Waals surface area contributed by atoms with E-state index in [1.165, 1.54) is 22.2 Å². The number of nitrogens with zero attached hydrogens (tertiary/aromatic N) is 5. The third-order valence-electron chi connectivity index (χ3n) is 7.71. The van der Waals surface area contributed by atoms with Gasteiger partial charge in [-0.3, -0.25) is 19.8 Å². The third-order valence-corrected chi connectivity index (χ3v) is 7.71. The van der Waals surface area contributed by atoms with Crippen LogP contribution in [0.15, 0.2) is 67.3 Å². The highest BCUT2D eigenvalue weighted by molar-refractivity contribution is 5.89. The fraction of sp³-hybridized carbons (Fsp3) is 0.357. The second-order valence-electron chi connectivity index (χ2n) is 9.95. The fourth-order valence-corrected chi connectivity index (χ4v) is 6.28. The van der Waals surface area contributed by atoms with Gasteiger partial charge in [0.1, 0.15) is 5.75 Å². The second kappa shape index (κ2) is 8.75. The van der Waals surface area contributed by atoms with E-state index < -0.39 is 0 Å². The quantitative estimate of drug-likeness (QED) is 0.468. The number of pyridine rings is 2. The minimum atomic E-state index is -0.0772. The van der Waals surface area contributed by atoms with E-state index in [9.17, 15) is 5.11 Å². The molecule has 5 heterocycles. The van der Waals surface area contributed by atoms with Gasteiger partial charge in [-0.15, -0.1) is 0 Å². The Morgan fingerprint density at radius 1 is 1.00 bits per heavy atom. The smallest absolute Gasteiger partial charge is 0.120 e. The van der Waals surface area contributed by atoms with Gasteiger partial charge in [0.25, 0.3) is 0 Å². The van der Waals surface area contributed by atoms with E-state index in [1.54, 1.807) is 7.11 Å². The minimum absolute atomic E-state index is 0.000477. The number of aliphatic hydroxyl groups excluding tert-OH is 1. The summed E-state index contributed by atoms with van der Waals surface area (Å²) in [6.45, 7) is 4.57. The number of ether oxygens (including phenoxy) is 1. The molecule has 3 aromatic heterocycles. The maximum absolute atomic E-state index is 10.6. The predicted octanol–water partition coefficient (Wildman–Crippen LogP) is 3.28. The van der Waals surface area contributed by atoms with Crippen LogP contribution in [0.25, 0.3) is 10.9 Å². The average Bonchev–Trinajstić information content (AvgIpc) is 3.16. The number of fused-ring (bicyclic) bond motifs is 4. The normalized spacial score (nSPS) is 19.6. The van der Waals surface area contributed by atoms with Crippen LogP contribution >= 0.6 is 0 Å². The first-order chi connectivity index (χ1) is 17.1. The highest BCUT2D eigenvalue weighted by atomic mass is 16.5. The van der Waals surface area contributed by atoms with E-state index in [4.69, 9.17) is 4.74 Å². The first-order valence-electron chi connectivity index (χ1n) is 12.1. The van der Waals surface area contributed by atoms with Crippen LogP contribution in [0.4, 0.5) is 0 Å². The van der Waals surface area contributed by atoms with Crippen molar-refractivity contribution >= 4 is 10.9 Å². The number of rotatable bonds is 6. The molecule has 1 saturated heterocycles. The molecule has 0 aliphatic carbocycles. The van der Waals surface area contributed by atoms with E-state index >= 15 is 0 Å². The summed E-state index contributed by atoms with van der Waals surface area (Å²) in [6.07, 6.45) is 7.52.